The van der Waals surface area contributed by atoms with Gasteiger partial charge in [0.05, 0.1) is 23.1 Å². The Labute approximate surface area is 125 Å². The topological polar surface area (TPSA) is 48.5 Å². The van der Waals surface area contributed by atoms with Gasteiger partial charge in [-0.1, -0.05) is 18.2 Å². The molecule has 3 heterocycles. The van der Waals surface area contributed by atoms with Crippen molar-refractivity contribution in [1.29, 1.82) is 0 Å². The number of pyridine rings is 1. The molecule has 4 rings (SSSR count). The fourth-order valence-corrected chi connectivity index (χ4v) is 2.79. The first-order valence-electron chi connectivity index (χ1n) is 6.59. The smallest absolute Gasteiger partial charge is 0.160 e. The first-order valence-corrected chi connectivity index (χ1v) is 7.12. The van der Waals surface area contributed by atoms with Crippen LogP contribution >= 0.6 is 11.6 Å². The molecule has 0 fully saturated rings. The summed E-state index contributed by atoms with van der Waals surface area (Å²) in [5, 5.41) is 5.53. The van der Waals surface area contributed by atoms with Gasteiger partial charge in [-0.2, -0.15) is 5.10 Å². The average molecular weight is 298 g/mol. The molecule has 0 aliphatic rings. The molecule has 104 valence electrons. The third-order valence-electron chi connectivity index (χ3n) is 3.51. The van der Waals surface area contributed by atoms with Crippen LogP contribution < -0.4 is 0 Å². The van der Waals surface area contributed by atoms with Crippen molar-refractivity contribution in [3.05, 3.63) is 48.5 Å². The van der Waals surface area contributed by atoms with Crippen molar-refractivity contribution in [2.45, 2.75) is 5.88 Å². The lowest BCUT2D eigenvalue weighted by Crippen LogP contribution is -2.01. The van der Waals surface area contributed by atoms with Crippen molar-refractivity contribution in [1.82, 2.24) is 24.3 Å². The molecule has 0 saturated heterocycles. The number of fused-ring (bicyclic) bond motifs is 3. The maximum Gasteiger partial charge on any atom is 0.160 e. The Morgan fingerprint density at radius 3 is 2.76 bits per heavy atom. The predicted molar refractivity (Wildman–Crippen MR) is 82.7 cm³/mol. The molecule has 6 heteroatoms. The van der Waals surface area contributed by atoms with E-state index in [1.165, 1.54) is 0 Å². The molecule has 3 aromatic heterocycles. The molecular weight excluding hydrogens is 286 g/mol. The molecule has 21 heavy (non-hydrogen) atoms. The van der Waals surface area contributed by atoms with Gasteiger partial charge in [0.15, 0.2) is 5.82 Å². The highest BCUT2D eigenvalue weighted by atomic mass is 35.5. The molecule has 0 radical (unpaired) electrons. The van der Waals surface area contributed by atoms with E-state index >= 15 is 0 Å². The molecule has 0 saturated carbocycles. The number of benzene rings is 1. The largest absolute Gasteiger partial charge is 0.277 e. The minimum absolute atomic E-state index is 0.319. The Hall–Kier alpha value is -2.40. The Morgan fingerprint density at radius 2 is 2.00 bits per heavy atom. The average Bonchev–Trinajstić information content (AvgIpc) is 3.10. The Kier molecular flexibility index (Phi) is 2.68. The van der Waals surface area contributed by atoms with Crippen LogP contribution in [-0.2, 0) is 12.9 Å². The van der Waals surface area contributed by atoms with E-state index < -0.39 is 0 Å². The van der Waals surface area contributed by atoms with Gasteiger partial charge >= 0.3 is 0 Å². The standard InChI is InChI=1S/C15H12ClN5/c1-20-7-6-13(19-20)21-14(8-16)18-12-9-17-11-5-3-2-4-10(11)15(12)21/h2-7,9H,8H2,1H3. The lowest BCUT2D eigenvalue weighted by molar-refractivity contribution is 0.749. The fraction of sp³-hybridized carbons (Fsp3) is 0.133. The van der Waals surface area contributed by atoms with Crippen molar-refractivity contribution >= 4 is 33.5 Å². The number of aryl methyl sites for hydroxylation is 1. The molecule has 0 N–H and O–H groups in total. The number of aromatic nitrogens is 5. The van der Waals surface area contributed by atoms with Crippen molar-refractivity contribution in [2.24, 2.45) is 7.05 Å². The highest BCUT2D eigenvalue weighted by molar-refractivity contribution is 6.17. The van der Waals surface area contributed by atoms with Crippen LogP contribution in [0.4, 0.5) is 0 Å². The second-order valence-corrected chi connectivity index (χ2v) is 5.12. The molecule has 0 unspecified atom stereocenters. The van der Waals surface area contributed by atoms with Gasteiger partial charge in [-0.25, -0.2) is 4.98 Å². The lowest BCUT2D eigenvalue weighted by atomic mass is 10.2. The zero-order chi connectivity index (χ0) is 14.4. The second-order valence-electron chi connectivity index (χ2n) is 4.85. The maximum atomic E-state index is 6.07. The third kappa shape index (κ3) is 1.81. The second kappa shape index (κ2) is 4.56. The van der Waals surface area contributed by atoms with E-state index in [2.05, 4.69) is 15.1 Å². The summed E-state index contributed by atoms with van der Waals surface area (Å²) >= 11 is 6.07. The molecular formula is C15H12ClN5. The number of halogens is 1. The van der Waals surface area contributed by atoms with Gasteiger partial charge in [-0.3, -0.25) is 14.2 Å². The number of nitrogens with zero attached hydrogens (tertiary/aromatic N) is 5. The van der Waals surface area contributed by atoms with Crippen LogP contribution in [0.15, 0.2) is 42.7 Å². The summed E-state index contributed by atoms with van der Waals surface area (Å²) in [5.74, 6) is 1.90. The number of alkyl halides is 1. The minimum Gasteiger partial charge on any atom is -0.277 e. The molecule has 0 atom stereocenters. The van der Waals surface area contributed by atoms with E-state index in [0.717, 1.165) is 33.6 Å². The molecule has 0 bridgehead atoms. The summed E-state index contributed by atoms with van der Waals surface area (Å²) in [6.07, 6.45) is 3.69. The first-order chi connectivity index (χ1) is 10.3. The Morgan fingerprint density at radius 1 is 1.14 bits per heavy atom. The summed E-state index contributed by atoms with van der Waals surface area (Å²) in [6.45, 7) is 0. The third-order valence-corrected chi connectivity index (χ3v) is 3.75. The predicted octanol–water partition coefficient (Wildman–Crippen LogP) is 3.05. The summed E-state index contributed by atoms with van der Waals surface area (Å²) in [7, 11) is 1.89. The van der Waals surface area contributed by atoms with Gasteiger partial charge < -0.3 is 0 Å². The number of hydrogen-bond donors (Lipinski definition) is 0. The number of rotatable bonds is 2. The molecule has 0 amide bonds. The molecule has 4 aromatic rings. The summed E-state index contributed by atoms with van der Waals surface area (Å²) in [4.78, 5) is 9.04. The number of imidazole rings is 1. The maximum absolute atomic E-state index is 6.07. The SMILES string of the molecule is Cn1ccc(-n2c(CCl)nc3cnc4ccccc4c32)n1. The molecule has 0 aliphatic carbocycles. The zero-order valence-electron chi connectivity index (χ0n) is 11.4. The summed E-state index contributed by atoms with van der Waals surface area (Å²) < 4.78 is 3.77. The van der Waals surface area contributed by atoms with E-state index in [-0.39, 0.29) is 0 Å². The monoisotopic (exact) mass is 297 g/mol. The Balaban J connectivity index is 2.18. The minimum atomic E-state index is 0.319. The van der Waals surface area contributed by atoms with E-state index in [9.17, 15) is 0 Å². The van der Waals surface area contributed by atoms with Crippen LogP contribution in [-0.4, -0.2) is 24.3 Å². The number of para-hydroxylation sites is 1. The van der Waals surface area contributed by atoms with E-state index in [0.29, 0.717) is 5.88 Å². The highest BCUT2D eigenvalue weighted by Crippen LogP contribution is 2.27. The molecule has 0 aliphatic heterocycles. The van der Waals surface area contributed by atoms with Crippen LogP contribution in [0.25, 0.3) is 27.8 Å². The van der Waals surface area contributed by atoms with Gasteiger partial charge in [-0.15, -0.1) is 11.6 Å². The summed E-state index contributed by atoms with van der Waals surface area (Å²) in [6, 6.07) is 9.96. The molecule has 0 spiro atoms. The summed E-state index contributed by atoms with van der Waals surface area (Å²) in [5.41, 5.74) is 2.76. The van der Waals surface area contributed by atoms with Crippen LogP contribution in [0.1, 0.15) is 5.82 Å². The van der Waals surface area contributed by atoms with Crippen LogP contribution in [0.3, 0.4) is 0 Å². The van der Waals surface area contributed by atoms with Crippen molar-refractivity contribution in [2.75, 3.05) is 0 Å². The van der Waals surface area contributed by atoms with Crippen molar-refractivity contribution in [3.8, 4) is 5.82 Å². The Bertz CT molecular complexity index is 953. The van der Waals surface area contributed by atoms with Crippen LogP contribution in [0.5, 0.6) is 0 Å². The van der Waals surface area contributed by atoms with Gasteiger partial charge in [0, 0.05) is 24.7 Å². The molecule has 1 aromatic carbocycles. The van der Waals surface area contributed by atoms with Crippen LogP contribution in [0.2, 0.25) is 0 Å². The zero-order valence-corrected chi connectivity index (χ0v) is 12.1. The van der Waals surface area contributed by atoms with Gasteiger partial charge in [0.25, 0.3) is 0 Å². The van der Waals surface area contributed by atoms with E-state index in [1.807, 2.05) is 48.1 Å². The van der Waals surface area contributed by atoms with E-state index in [4.69, 9.17) is 11.6 Å². The first kappa shape index (κ1) is 12.3. The number of hydrogen-bond acceptors (Lipinski definition) is 3. The fourth-order valence-electron chi connectivity index (χ4n) is 2.61. The van der Waals surface area contributed by atoms with Crippen molar-refractivity contribution < 1.29 is 0 Å². The molecule has 5 nitrogen and oxygen atoms in total. The van der Waals surface area contributed by atoms with Gasteiger partial charge in [0.2, 0.25) is 0 Å². The quantitative estimate of drug-likeness (QED) is 0.534. The van der Waals surface area contributed by atoms with Gasteiger partial charge in [-0.05, 0) is 6.07 Å². The van der Waals surface area contributed by atoms with Crippen molar-refractivity contribution in [3.63, 3.8) is 0 Å². The highest BCUT2D eigenvalue weighted by Gasteiger charge is 2.16. The lowest BCUT2D eigenvalue weighted by Gasteiger charge is -2.05. The van der Waals surface area contributed by atoms with E-state index in [1.54, 1.807) is 10.9 Å². The van der Waals surface area contributed by atoms with Gasteiger partial charge in [0.1, 0.15) is 11.3 Å². The van der Waals surface area contributed by atoms with Crippen LogP contribution in [0, 0.1) is 0 Å². The normalized spacial score (nSPS) is 11.5.